The molecule has 23 heavy (non-hydrogen) atoms. The third-order valence-electron chi connectivity index (χ3n) is 4.10. The van der Waals surface area contributed by atoms with Gasteiger partial charge in [0.25, 0.3) is 0 Å². The number of hydrogen-bond acceptors (Lipinski definition) is 2. The van der Waals surface area contributed by atoms with Gasteiger partial charge in [-0.25, -0.2) is 0 Å². The molecule has 1 fully saturated rings. The van der Waals surface area contributed by atoms with E-state index in [0.29, 0.717) is 17.1 Å². The zero-order valence-electron chi connectivity index (χ0n) is 13.3. The molecule has 1 aromatic rings. The van der Waals surface area contributed by atoms with Crippen molar-refractivity contribution >= 4 is 11.5 Å². The highest BCUT2D eigenvalue weighted by atomic mass is 19.4. The number of benzene rings is 1. The van der Waals surface area contributed by atoms with Gasteiger partial charge in [-0.1, -0.05) is 12.1 Å². The average Bonchev–Trinajstić information content (AvgIpc) is 2.95. The summed E-state index contributed by atoms with van der Waals surface area (Å²) in [5.41, 5.74) is 0.605. The van der Waals surface area contributed by atoms with Gasteiger partial charge in [0, 0.05) is 19.2 Å². The lowest BCUT2D eigenvalue weighted by atomic mass is 10.0. The SMILES string of the molecule is CNCC1CCN(C(=O)C=C(C)c2ccc(C(F)(F)F)cc2)C1. The predicted molar refractivity (Wildman–Crippen MR) is 83.7 cm³/mol. The number of rotatable bonds is 4. The summed E-state index contributed by atoms with van der Waals surface area (Å²) in [6.45, 7) is 4.06. The van der Waals surface area contributed by atoms with Crippen LogP contribution < -0.4 is 5.32 Å². The molecule has 0 bridgehead atoms. The summed E-state index contributed by atoms with van der Waals surface area (Å²) in [4.78, 5) is 14.0. The van der Waals surface area contributed by atoms with Gasteiger partial charge < -0.3 is 10.2 Å². The van der Waals surface area contributed by atoms with Crippen LogP contribution >= 0.6 is 0 Å². The Morgan fingerprint density at radius 3 is 2.57 bits per heavy atom. The Bertz CT molecular complexity index is 578. The molecule has 1 aromatic carbocycles. The number of nitrogens with zero attached hydrogens (tertiary/aromatic N) is 1. The van der Waals surface area contributed by atoms with Gasteiger partial charge in [0.15, 0.2) is 0 Å². The Hall–Kier alpha value is -1.82. The molecule has 0 aliphatic carbocycles. The second kappa shape index (κ2) is 7.17. The molecule has 0 aromatic heterocycles. The van der Waals surface area contributed by atoms with E-state index in [0.717, 1.165) is 38.2 Å². The van der Waals surface area contributed by atoms with Gasteiger partial charge in [0.1, 0.15) is 0 Å². The van der Waals surface area contributed by atoms with E-state index in [2.05, 4.69) is 5.32 Å². The van der Waals surface area contributed by atoms with Crippen LogP contribution in [-0.4, -0.2) is 37.5 Å². The van der Waals surface area contributed by atoms with E-state index < -0.39 is 11.7 Å². The van der Waals surface area contributed by atoms with Crippen LogP contribution in [0.3, 0.4) is 0 Å². The number of halogens is 3. The van der Waals surface area contributed by atoms with Gasteiger partial charge in [-0.05, 0) is 56.1 Å². The summed E-state index contributed by atoms with van der Waals surface area (Å²) in [7, 11) is 1.89. The molecule has 2 rings (SSSR count). The van der Waals surface area contributed by atoms with Gasteiger partial charge in [-0.2, -0.15) is 13.2 Å². The van der Waals surface area contributed by atoms with Crippen LogP contribution in [0.25, 0.3) is 5.57 Å². The maximum atomic E-state index is 12.6. The first-order chi connectivity index (χ1) is 10.8. The molecule has 0 spiro atoms. The van der Waals surface area contributed by atoms with Crippen molar-refractivity contribution in [3.63, 3.8) is 0 Å². The monoisotopic (exact) mass is 326 g/mol. The number of amides is 1. The summed E-state index contributed by atoms with van der Waals surface area (Å²) in [6.07, 6.45) is -1.87. The van der Waals surface area contributed by atoms with Crippen molar-refractivity contribution in [3.8, 4) is 0 Å². The van der Waals surface area contributed by atoms with Crippen LogP contribution in [-0.2, 0) is 11.0 Å². The molecule has 1 heterocycles. The van der Waals surface area contributed by atoms with E-state index in [4.69, 9.17) is 0 Å². The lowest BCUT2D eigenvalue weighted by Crippen LogP contribution is -2.29. The minimum atomic E-state index is -4.34. The Balaban J connectivity index is 2.03. The van der Waals surface area contributed by atoms with E-state index in [1.165, 1.54) is 18.2 Å². The topological polar surface area (TPSA) is 32.3 Å². The third-order valence-corrected chi connectivity index (χ3v) is 4.10. The first kappa shape index (κ1) is 17.5. The highest BCUT2D eigenvalue weighted by Crippen LogP contribution is 2.30. The number of hydrogen-bond donors (Lipinski definition) is 1. The molecule has 1 aliphatic rings. The van der Waals surface area contributed by atoms with Crippen LogP contribution in [0.15, 0.2) is 30.3 Å². The highest BCUT2D eigenvalue weighted by Gasteiger charge is 2.30. The molecule has 3 nitrogen and oxygen atoms in total. The van der Waals surface area contributed by atoms with E-state index >= 15 is 0 Å². The van der Waals surface area contributed by atoms with Crippen molar-refractivity contribution in [3.05, 3.63) is 41.5 Å². The zero-order chi connectivity index (χ0) is 17.0. The molecular weight excluding hydrogens is 305 g/mol. The largest absolute Gasteiger partial charge is 0.416 e. The van der Waals surface area contributed by atoms with Crippen molar-refractivity contribution in [1.82, 2.24) is 10.2 Å². The highest BCUT2D eigenvalue weighted by molar-refractivity contribution is 5.95. The third kappa shape index (κ3) is 4.58. The summed E-state index contributed by atoms with van der Waals surface area (Å²) in [5, 5.41) is 3.11. The maximum absolute atomic E-state index is 12.6. The predicted octanol–water partition coefficient (Wildman–Crippen LogP) is 3.18. The van der Waals surface area contributed by atoms with Gasteiger partial charge >= 0.3 is 6.18 Å². The summed E-state index contributed by atoms with van der Waals surface area (Å²) in [6, 6.07) is 4.87. The lowest BCUT2D eigenvalue weighted by Gasteiger charge is -2.15. The van der Waals surface area contributed by atoms with Crippen LogP contribution in [0, 0.1) is 5.92 Å². The molecule has 1 unspecified atom stereocenters. The summed E-state index contributed by atoms with van der Waals surface area (Å²) >= 11 is 0. The second-order valence-corrected chi connectivity index (χ2v) is 5.90. The Morgan fingerprint density at radius 2 is 2.00 bits per heavy atom. The average molecular weight is 326 g/mol. The minimum absolute atomic E-state index is 0.0824. The summed E-state index contributed by atoms with van der Waals surface area (Å²) < 4.78 is 37.7. The zero-order valence-corrected chi connectivity index (χ0v) is 13.3. The minimum Gasteiger partial charge on any atom is -0.339 e. The van der Waals surface area contributed by atoms with Crippen LogP contribution in [0.1, 0.15) is 24.5 Å². The van der Waals surface area contributed by atoms with Crippen LogP contribution in [0.4, 0.5) is 13.2 Å². The molecular formula is C17H21F3N2O. The molecule has 1 saturated heterocycles. The van der Waals surface area contributed by atoms with E-state index in [-0.39, 0.29) is 5.91 Å². The van der Waals surface area contributed by atoms with E-state index in [1.807, 2.05) is 7.05 Å². The molecule has 1 amide bonds. The number of allylic oxidation sites excluding steroid dienone is 1. The van der Waals surface area contributed by atoms with Crippen LogP contribution in [0.5, 0.6) is 0 Å². The fourth-order valence-electron chi connectivity index (χ4n) is 2.77. The Kier molecular flexibility index (Phi) is 5.46. The van der Waals surface area contributed by atoms with E-state index in [9.17, 15) is 18.0 Å². The van der Waals surface area contributed by atoms with Crippen molar-refractivity contribution in [2.24, 2.45) is 5.92 Å². The molecule has 0 radical (unpaired) electrons. The normalized spacial score (nSPS) is 19.3. The van der Waals surface area contributed by atoms with Gasteiger partial charge in [-0.3, -0.25) is 4.79 Å². The number of alkyl halides is 3. The molecule has 6 heteroatoms. The quantitative estimate of drug-likeness (QED) is 0.862. The van der Waals surface area contributed by atoms with Gasteiger partial charge in [0.05, 0.1) is 5.56 Å². The van der Waals surface area contributed by atoms with Crippen LogP contribution in [0.2, 0.25) is 0 Å². The number of carbonyl (C=O) groups excluding carboxylic acids is 1. The van der Waals surface area contributed by atoms with Crippen molar-refractivity contribution in [2.75, 3.05) is 26.7 Å². The molecule has 1 atom stereocenters. The van der Waals surface area contributed by atoms with Crippen molar-refractivity contribution < 1.29 is 18.0 Å². The maximum Gasteiger partial charge on any atom is 0.416 e. The number of carbonyl (C=O) groups is 1. The molecule has 0 saturated carbocycles. The van der Waals surface area contributed by atoms with Gasteiger partial charge in [-0.15, -0.1) is 0 Å². The first-order valence-corrected chi connectivity index (χ1v) is 7.60. The smallest absolute Gasteiger partial charge is 0.339 e. The van der Waals surface area contributed by atoms with E-state index in [1.54, 1.807) is 11.8 Å². The number of nitrogens with one attached hydrogen (secondary N) is 1. The molecule has 126 valence electrons. The Morgan fingerprint density at radius 1 is 1.35 bits per heavy atom. The standard InChI is InChI=1S/C17H21F3N2O/c1-12(14-3-5-15(6-4-14)17(18,19)20)9-16(23)22-8-7-13(11-22)10-21-2/h3-6,9,13,21H,7-8,10-11H2,1-2H3. The molecule has 1 aliphatic heterocycles. The van der Waals surface area contributed by atoms with Gasteiger partial charge in [0.2, 0.25) is 5.91 Å². The first-order valence-electron chi connectivity index (χ1n) is 7.60. The fraction of sp³-hybridized carbons (Fsp3) is 0.471. The molecule has 1 N–H and O–H groups in total. The second-order valence-electron chi connectivity index (χ2n) is 5.90. The fourth-order valence-corrected chi connectivity index (χ4v) is 2.77. The van der Waals surface area contributed by atoms with Crippen molar-refractivity contribution in [1.29, 1.82) is 0 Å². The van der Waals surface area contributed by atoms with Crippen molar-refractivity contribution in [2.45, 2.75) is 19.5 Å². The Labute approximate surface area is 134 Å². The summed E-state index contributed by atoms with van der Waals surface area (Å²) in [5.74, 6) is 0.379. The number of likely N-dealkylation sites (tertiary alicyclic amines) is 1. The lowest BCUT2D eigenvalue weighted by molar-refractivity contribution is -0.137.